The number of pyridine rings is 1. The van der Waals surface area contributed by atoms with Crippen molar-refractivity contribution in [1.29, 1.82) is 0 Å². The molecule has 2 aromatic heterocycles. The lowest BCUT2D eigenvalue weighted by Crippen LogP contribution is -2.35. The highest BCUT2D eigenvalue weighted by Gasteiger charge is 2.31. The van der Waals surface area contributed by atoms with E-state index in [4.69, 9.17) is 10.7 Å². The molecule has 2 aliphatic rings. The van der Waals surface area contributed by atoms with E-state index < -0.39 is 0 Å². The number of nitrogen functional groups attached to an aromatic ring is 1. The van der Waals surface area contributed by atoms with E-state index in [0.717, 1.165) is 21.8 Å². The van der Waals surface area contributed by atoms with Crippen molar-refractivity contribution in [2.45, 2.75) is 38.1 Å². The van der Waals surface area contributed by atoms with Gasteiger partial charge in [0.1, 0.15) is 9.71 Å². The van der Waals surface area contributed by atoms with Crippen LogP contribution in [0.2, 0.25) is 0 Å². The number of fused-ring (bicyclic) bond motifs is 1. The second-order valence-electron chi connectivity index (χ2n) is 6.96. The molecule has 0 radical (unpaired) electrons. The molecule has 4 rings (SSSR count). The molecule has 0 bridgehead atoms. The molecule has 2 aromatic rings. The highest BCUT2D eigenvalue weighted by molar-refractivity contribution is 7.21. The Labute approximate surface area is 146 Å². The Kier molecular flexibility index (Phi) is 4.18. The number of anilines is 1. The molecular weight excluding hydrogens is 320 g/mol. The van der Waals surface area contributed by atoms with Crippen LogP contribution in [0.5, 0.6) is 0 Å². The number of hydrogen-bond donors (Lipinski definition) is 2. The van der Waals surface area contributed by atoms with Crippen LogP contribution in [0.25, 0.3) is 10.2 Å². The van der Waals surface area contributed by atoms with Gasteiger partial charge in [-0.1, -0.05) is 6.42 Å². The van der Waals surface area contributed by atoms with Gasteiger partial charge in [0.15, 0.2) is 0 Å². The van der Waals surface area contributed by atoms with E-state index in [1.165, 1.54) is 56.5 Å². The molecule has 1 aliphatic carbocycles. The van der Waals surface area contributed by atoms with E-state index >= 15 is 0 Å². The first-order valence-corrected chi connectivity index (χ1v) is 9.64. The van der Waals surface area contributed by atoms with Crippen LogP contribution in [-0.2, 0) is 0 Å². The van der Waals surface area contributed by atoms with E-state index in [-0.39, 0.29) is 5.91 Å². The maximum Gasteiger partial charge on any atom is 0.263 e. The zero-order valence-corrected chi connectivity index (χ0v) is 14.9. The van der Waals surface area contributed by atoms with Gasteiger partial charge in [0.05, 0.1) is 17.4 Å². The van der Waals surface area contributed by atoms with Crippen molar-refractivity contribution < 1.29 is 4.79 Å². The van der Waals surface area contributed by atoms with Gasteiger partial charge in [0, 0.05) is 19.0 Å². The molecule has 1 saturated carbocycles. The summed E-state index contributed by atoms with van der Waals surface area (Å²) in [7, 11) is 1.63. The minimum absolute atomic E-state index is 0.134. The number of carbonyl (C=O) groups is 1. The molecule has 0 unspecified atom stereocenters. The van der Waals surface area contributed by atoms with Gasteiger partial charge >= 0.3 is 0 Å². The van der Waals surface area contributed by atoms with Gasteiger partial charge in [-0.15, -0.1) is 11.3 Å². The monoisotopic (exact) mass is 344 g/mol. The molecule has 3 heterocycles. The number of amides is 1. The van der Waals surface area contributed by atoms with Gasteiger partial charge in [-0.05, 0) is 50.3 Å². The number of likely N-dealkylation sites (tertiary alicyclic amines) is 1. The van der Waals surface area contributed by atoms with Crippen LogP contribution < -0.4 is 11.1 Å². The summed E-state index contributed by atoms with van der Waals surface area (Å²) in [5.74, 6) is 0.761. The van der Waals surface area contributed by atoms with Crippen molar-refractivity contribution >= 4 is 33.1 Å². The standard InChI is InChI=1S/C18H24N4OS/c1-20-17(23)16-15(19)12-7-8-13(21-18(12)24-16)14-4-2-3-9-22(14)10-11-5-6-11/h7-8,11,14H,2-6,9-10,19H2,1H3,(H,20,23)/t14-/m0/s1. The van der Waals surface area contributed by atoms with Crippen LogP contribution in [0.3, 0.4) is 0 Å². The fourth-order valence-corrected chi connectivity index (χ4v) is 4.70. The summed E-state index contributed by atoms with van der Waals surface area (Å²) < 4.78 is 0. The fourth-order valence-electron chi connectivity index (χ4n) is 3.66. The first kappa shape index (κ1) is 15.8. The zero-order valence-electron chi connectivity index (χ0n) is 14.0. The summed E-state index contributed by atoms with van der Waals surface area (Å²) in [5, 5.41) is 3.55. The lowest BCUT2D eigenvalue weighted by Gasteiger charge is -2.35. The molecule has 128 valence electrons. The second kappa shape index (κ2) is 6.33. The van der Waals surface area contributed by atoms with Crippen molar-refractivity contribution in [3.05, 3.63) is 22.7 Å². The van der Waals surface area contributed by atoms with Crippen molar-refractivity contribution in [2.24, 2.45) is 5.92 Å². The van der Waals surface area contributed by atoms with Gasteiger partial charge < -0.3 is 11.1 Å². The number of nitrogens with zero attached hydrogens (tertiary/aromatic N) is 2. The van der Waals surface area contributed by atoms with E-state index in [9.17, 15) is 4.79 Å². The van der Waals surface area contributed by atoms with Crippen molar-refractivity contribution in [3.63, 3.8) is 0 Å². The average molecular weight is 344 g/mol. The van der Waals surface area contributed by atoms with Crippen LogP contribution in [0.4, 0.5) is 5.69 Å². The average Bonchev–Trinajstić information content (AvgIpc) is 3.36. The molecule has 6 heteroatoms. The van der Waals surface area contributed by atoms with E-state index in [2.05, 4.69) is 16.3 Å². The topological polar surface area (TPSA) is 71.2 Å². The van der Waals surface area contributed by atoms with Crippen LogP contribution in [0.15, 0.2) is 12.1 Å². The van der Waals surface area contributed by atoms with E-state index in [1.54, 1.807) is 7.05 Å². The highest BCUT2D eigenvalue weighted by Crippen LogP contribution is 2.38. The largest absolute Gasteiger partial charge is 0.397 e. The molecule has 5 nitrogen and oxygen atoms in total. The third-order valence-corrected chi connectivity index (χ3v) is 6.31. The normalized spacial score (nSPS) is 22.0. The molecule has 1 amide bonds. The predicted molar refractivity (Wildman–Crippen MR) is 98.3 cm³/mol. The molecular formula is C18H24N4OS. The highest BCUT2D eigenvalue weighted by atomic mass is 32.1. The van der Waals surface area contributed by atoms with Crippen molar-refractivity contribution in [2.75, 3.05) is 25.9 Å². The number of rotatable bonds is 4. The minimum Gasteiger partial charge on any atom is -0.397 e. The number of aromatic nitrogens is 1. The van der Waals surface area contributed by atoms with Crippen molar-refractivity contribution in [3.8, 4) is 0 Å². The molecule has 1 saturated heterocycles. The zero-order chi connectivity index (χ0) is 16.7. The number of hydrogen-bond acceptors (Lipinski definition) is 5. The molecule has 2 fully saturated rings. The van der Waals surface area contributed by atoms with Crippen molar-refractivity contribution in [1.82, 2.24) is 15.2 Å². The molecule has 0 aromatic carbocycles. The summed E-state index contributed by atoms with van der Waals surface area (Å²) in [5.41, 5.74) is 7.82. The SMILES string of the molecule is CNC(=O)c1sc2nc([C@@H]3CCCCN3CC3CC3)ccc2c1N. The second-order valence-corrected chi connectivity index (χ2v) is 7.96. The number of piperidine rings is 1. The maximum absolute atomic E-state index is 12.0. The van der Waals surface area contributed by atoms with Gasteiger partial charge in [0.25, 0.3) is 5.91 Å². The molecule has 1 aliphatic heterocycles. The minimum atomic E-state index is -0.134. The number of carbonyl (C=O) groups excluding carboxylic acids is 1. The Morgan fingerprint density at radius 3 is 2.96 bits per heavy atom. The van der Waals surface area contributed by atoms with Crippen LogP contribution >= 0.6 is 11.3 Å². The summed E-state index contributed by atoms with van der Waals surface area (Å²) in [4.78, 5) is 20.9. The number of nitrogens with one attached hydrogen (secondary N) is 1. The van der Waals surface area contributed by atoms with Gasteiger partial charge in [-0.3, -0.25) is 9.69 Å². The fraction of sp³-hybridized carbons (Fsp3) is 0.556. The molecule has 3 N–H and O–H groups in total. The van der Waals surface area contributed by atoms with E-state index in [1.807, 2.05) is 6.07 Å². The van der Waals surface area contributed by atoms with E-state index in [0.29, 0.717) is 16.6 Å². The Bertz CT molecular complexity index is 768. The first-order chi connectivity index (χ1) is 11.7. The molecule has 0 spiro atoms. The van der Waals surface area contributed by atoms with Crippen LogP contribution in [0, 0.1) is 5.92 Å². The number of nitrogens with two attached hydrogens (primary N) is 1. The quantitative estimate of drug-likeness (QED) is 0.894. The van der Waals surface area contributed by atoms with Gasteiger partial charge in [0.2, 0.25) is 0 Å². The lowest BCUT2D eigenvalue weighted by molar-refractivity contribution is 0.0968. The Balaban J connectivity index is 1.66. The Morgan fingerprint density at radius 1 is 1.38 bits per heavy atom. The lowest BCUT2D eigenvalue weighted by atomic mass is 9.98. The summed E-state index contributed by atoms with van der Waals surface area (Å²) >= 11 is 1.40. The molecule has 24 heavy (non-hydrogen) atoms. The third-order valence-electron chi connectivity index (χ3n) is 5.19. The first-order valence-electron chi connectivity index (χ1n) is 8.82. The number of thiophene rings is 1. The Hall–Kier alpha value is -1.66. The predicted octanol–water partition coefficient (Wildman–Crippen LogP) is 3.18. The van der Waals surface area contributed by atoms with Gasteiger partial charge in [-0.25, -0.2) is 4.98 Å². The van der Waals surface area contributed by atoms with Crippen LogP contribution in [-0.4, -0.2) is 35.9 Å². The molecule has 1 atom stereocenters. The van der Waals surface area contributed by atoms with Crippen LogP contribution in [0.1, 0.15) is 53.5 Å². The summed E-state index contributed by atoms with van der Waals surface area (Å²) in [6.07, 6.45) is 6.49. The third kappa shape index (κ3) is 2.89. The summed E-state index contributed by atoms with van der Waals surface area (Å²) in [6.45, 7) is 2.39. The smallest absolute Gasteiger partial charge is 0.263 e. The van der Waals surface area contributed by atoms with Gasteiger partial charge in [-0.2, -0.15) is 0 Å². The maximum atomic E-state index is 12.0. The Morgan fingerprint density at radius 2 is 2.21 bits per heavy atom. The summed E-state index contributed by atoms with van der Waals surface area (Å²) in [6, 6.07) is 4.56.